The summed E-state index contributed by atoms with van der Waals surface area (Å²) < 4.78 is 6.12. The van der Waals surface area contributed by atoms with Crippen LogP contribution in [0.4, 0.5) is 0 Å². The average Bonchev–Trinajstić information content (AvgIpc) is 3.28. The molecule has 3 unspecified atom stereocenters. The fourth-order valence-electron chi connectivity index (χ4n) is 6.03. The largest absolute Gasteiger partial charge is 0.377 e. The van der Waals surface area contributed by atoms with Crippen molar-refractivity contribution in [3.8, 4) is 0 Å². The predicted molar refractivity (Wildman–Crippen MR) is 106 cm³/mol. The zero-order valence-electron chi connectivity index (χ0n) is 16.6. The number of guanidine groups is 1. The molecular weight excluding hydrogens is 324 g/mol. The maximum absolute atomic E-state index is 6.12. The molecule has 1 spiro atoms. The third kappa shape index (κ3) is 3.29. The average molecular weight is 361 g/mol. The SMILES string of the molecule is C=C(C)CN1CCC(NC(=NC)NC2C3CCOC3C23CCCC3)CC1. The summed E-state index contributed by atoms with van der Waals surface area (Å²) in [5.41, 5.74) is 1.64. The highest BCUT2D eigenvalue weighted by Gasteiger charge is 2.65. The van der Waals surface area contributed by atoms with Gasteiger partial charge in [-0.3, -0.25) is 9.89 Å². The second-order valence-electron chi connectivity index (χ2n) is 9.03. The van der Waals surface area contributed by atoms with Crippen molar-refractivity contribution < 1.29 is 4.74 Å². The minimum atomic E-state index is 0.379. The lowest BCUT2D eigenvalue weighted by Gasteiger charge is -2.57. The second kappa shape index (κ2) is 7.51. The van der Waals surface area contributed by atoms with Gasteiger partial charge in [0.2, 0.25) is 0 Å². The molecule has 5 heteroatoms. The summed E-state index contributed by atoms with van der Waals surface area (Å²) >= 11 is 0. The lowest BCUT2D eigenvalue weighted by atomic mass is 9.54. The minimum Gasteiger partial charge on any atom is -0.377 e. The molecule has 2 saturated carbocycles. The van der Waals surface area contributed by atoms with Crippen molar-refractivity contribution in [2.45, 2.75) is 70.1 Å². The van der Waals surface area contributed by atoms with Crippen molar-refractivity contribution in [1.29, 1.82) is 0 Å². The van der Waals surface area contributed by atoms with Gasteiger partial charge in [-0.25, -0.2) is 0 Å². The molecule has 0 aromatic heterocycles. The molecule has 2 saturated heterocycles. The molecule has 0 radical (unpaired) electrons. The van der Waals surface area contributed by atoms with E-state index in [1.165, 1.54) is 50.5 Å². The highest BCUT2D eigenvalue weighted by molar-refractivity contribution is 5.80. The van der Waals surface area contributed by atoms with Crippen LogP contribution in [0.15, 0.2) is 17.1 Å². The summed E-state index contributed by atoms with van der Waals surface area (Å²) in [7, 11) is 1.91. The van der Waals surface area contributed by atoms with Gasteiger partial charge in [0, 0.05) is 56.7 Å². The van der Waals surface area contributed by atoms with Crippen LogP contribution >= 0.6 is 0 Å². The molecule has 0 aromatic carbocycles. The van der Waals surface area contributed by atoms with Gasteiger partial charge in [0.15, 0.2) is 5.96 Å². The Kier molecular flexibility index (Phi) is 5.29. The molecule has 26 heavy (non-hydrogen) atoms. The van der Waals surface area contributed by atoms with Gasteiger partial charge in [0.05, 0.1) is 6.10 Å². The van der Waals surface area contributed by atoms with Crippen LogP contribution in [-0.4, -0.2) is 62.3 Å². The Morgan fingerprint density at radius 2 is 1.92 bits per heavy atom. The Bertz CT molecular complexity index is 546. The highest BCUT2D eigenvalue weighted by Crippen LogP contribution is 2.60. The molecule has 5 nitrogen and oxygen atoms in total. The smallest absolute Gasteiger partial charge is 0.191 e. The van der Waals surface area contributed by atoms with E-state index in [9.17, 15) is 0 Å². The van der Waals surface area contributed by atoms with Gasteiger partial charge in [0.25, 0.3) is 0 Å². The molecule has 2 aliphatic heterocycles. The van der Waals surface area contributed by atoms with Crippen LogP contribution in [0.3, 0.4) is 0 Å². The van der Waals surface area contributed by atoms with Crippen LogP contribution in [0.5, 0.6) is 0 Å². The standard InChI is InChI=1S/C21H36N4O/c1-15(2)14-25-11-6-16(7-12-25)23-20(22-3)24-18-17-8-13-26-19(17)21(18)9-4-5-10-21/h16-19H,1,4-14H2,2-3H3,(H2,22,23,24). The lowest BCUT2D eigenvalue weighted by molar-refractivity contribution is -0.125. The Hall–Kier alpha value is -1.07. The van der Waals surface area contributed by atoms with Crippen molar-refractivity contribution in [1.82, 2.24) is 15.5 Å². The molecular formula is C21H36N4O. The summed E-state index contributed by atoms with van der Waals surface area (Å²) in [6.45, 7) is 10.4. The monoisotopic (exact) mass is 360 g/mol. The van der Waals surface area contributed by atoms with E-state index in [-0.39, 0.29) is 0 Å². The highest BCUT2D eigenvalue weighted by atomic mass is 16.5. The predicted octanol–water partition coefficient (Wildman–Crippen LogP) is 2.54. The van der Waals surface area contributed by atoms with Crippen LogP contribution in [0.1, 0.15) is 51.9 Å². The number of nitrogens with zero attached hydrogens (tertiary/aromatic N) is 2. The van der Waals surface area contributed by atoms with E-state index in [4.69, 9.17) is 4.74 Å². The maximum Gasteiger partial charge on any atom is 0.191 e. The summed E-state index contributed by atoms with van der Waals surface area (Å²) in [5.74, 6) is 1.69. The van der Waals surface area contributed by atoms with Gasteiger partial charge in [-0.2, -0.15) is 0 Å². The number of likely N-dealkylation sites (tertiary alicyclic amines) is 1. The fraction of sp³-hybridized carbons (Fsp3) is 0.857. The van der Waals surface area contributed by atoms with Crippen molar-refractivity contribution in [3.05, 3.63) is 12.2 Å². The number of rotatable bonds is 4. The van der Waals surface area contributed by atoms with Gasteiger partial charge in [0.1, 0.15) is 0 Å². The van der Waals surface area contributed by atoms with E-state index >= 15 is 0 Å². The van der Waals surface area contributed by atoms with Gasteiger partial charge in [-0.15, -0.1) is 0 Å². The van der Waals surface area contributed by atoms with Crippen molar-refractivity contribution >= 4 is 5.96 Å². The second-order valence-corrected chi connectivity index (χ2v) is 9.03. The molecule has 0 bridgehead atoms. The zero-order valence-corrected chi connectivity index (χ0v) is 16.6. The first kappa shape index (κ1) is 18.3. The number of piperidine rings is 1. The lowest BCUT2D eigenvalue weighted by Crippen LogP contribution is -2.69. The molecule has 4 aliphatic rings. The molecule has 146 valence electrons. The van der Waals surface area contributed by atoms with Crippen molar-refractivity contribution in [3.63, 3.8) is 0 Å². The third-order valence-electron chi connectivity index (χ3n) is 7.22. The van der Waals surface area contributed by atoms with E-state index < -0.39 is 0 Å². The van der Waals surface area contributed by atoms with E-state index in [0.717, 1.165) is 32.2 Å². The van der Waals surface area contributed by atoms with Gasteiger partial charge in [-0.05, 0) is 39.0 Å². The third-order valence-corrected chi connectivity index (χ3v) is 7.22. The normalized spacial score (nSPS) is 34.5. The number of hydrogen-bond acceptors (Lipinski definition) is 3. The molecule has 2 aliphatic carbocycles. The Morgan fingerprint density at radius 3 is 2.58 bits per heavy atom. The van der Waals surface area contributed by atoms with Crippen molar-refractivity contribution in [2.24, 2.45) is 16.3 Å². The summed E-state index contributed by atoms with van der Waals surface area (Å²) in [4.78, 5) is 7.08. The summed E-state index contributed by atoms with van der Waals surface area (Å²) in [5, 5.41) is 7.54. The van der Waals surface area contributed by atoms with E-state index in [2.05, 4.69) is 34.0 Å². The first-order chi connectivity index (χ1) is 12.6. The van der Waals surface area contributed by atoms with Crippen LogP contribution in [0.25, 0.3) is 0 Å². The van der Waals surface area contributed by atoms with Crippen LogP contribution < -0.4 is 10.6 Å². The van der Waals surface area contributed by atoms with E-state index in [1.807, 2.05) is 7.05 Å². The quantitative estimate of drug-likeness (QED) is 0.460. The molecule has 0 amide bonds. The van der Waals surface area contributed by atoms with Gasteiger partial charge < -0.3 is 15.4 Å². The summed E-state index contributed by atoms with van der Waals surface area (Å²) in [6, 6.07) is 1.07. The first-order valence-electron chi connectivity index (χ1n) is 10.6. The van der Waals surface area contributed by atoms with Crippen molar-refractivity contribution in [2.75, 3.05) is 33.3 Å². The van der Waals surface area contributed by atoms with Crippen LogP contribution in [-0.2, 0) is 4.74 Å². The molecule has 4 rings (SSSR count). The number of ether oxygens (including phenoxy) is 1. The molecule has 2 heterocycles. The summed E-state index contributed by atoms with van der Waals surface area (Å²) in [6.07, 6.45) is 9.43. The molecule has 2 N–H and O–H groups in total. The molecule has 4 fully saturated rings. The topological polar surface area (TPSA) is 48.9 Å². The van der Waals surface area contributed by atoms with Crippen LogP contribution in [0, 0.1) is 11.3 Å². The Balaban J connectivity index is 1.32. The maximum atomic E-state index is 6.12. The van der Waals surface area contributed by atoms with E-state index in [1.54, 1.807) is 0 Å². The number of hydrogen-bond donors (Lipinski definition) is 2. The first-order valence-corrected chi connectivity index (χ1v) is 10.6. The number of aliphatic imine (C=N–C) groups is 1. The van der Waals surface area contributed by atoms with Gasteiger partial charge in [-0.1, -0.05) is 25.0 Å². The van der Waals surface area contributed by atoms with Crippen LogP contribution in [0.2, 0.25) is 0 Å². The van der Waals surface area contributed by atoms with E-state index in [0.29, 0.717) is 29.5 Å². The Labute approximate surface area is 158 Å². The number of nitrogens with one attached hydrogen (secondary N) is 2. The molecule has 3 atom stereocenters. The molecule has 0 aromatic rings. The Morgan fingerprint density at radius 1 is 1.19 bits per heavy atom. The van der Waals surface area contributed by atoms with Gasteiger partial charge >= 0.3 is 0 Å². The minimum absolute atomic E-state index is 0.379. The fourth-order valence-corrected chi connectivity index (χ4v) is 6.03. The number of fused-ring (bicyclic) bond motifs is 2. The zero-order chi connectivity index (χ0) is 18.1.